The molecule has 1 saturated carbocycles. The monoisotopic (exact) mass is 388 g/mol. The predicted molar refractivity (Wildman–Crippen MR) is 87.2 cm³/mol. The van der Waals surface area contributed by atoms with Gasteiger partial charge in [0.1, 0.15) is 0 Å². The fourth-order valence-corrected chi connectivity index (χ4v) is 5.18. The van der Waals surface area contributed by atoms with Crippen LogP contribution in [0.15, 0.2) is 22.3 Å². The van der Waals surface area contributed by atoms with Gasteiger partial charge in [-0.2, -0.15) is 8.78 Å². The molecule has 0 bridgehead atoms. The normalized spacial score (nSPS) is 15.4. The molecule has 0 amide bonds. The van der Waals surface area contributed by atoms with Crippen molar-refractivity contribution >= 4 is 15.2 Å². The van der Waals surface area contributed by atoms with Gasteiger partial charge in [0.25, 0.3) is 0 Å². The van der Waals surface area contributed by atoms with Gasteiger partial charge in [-0.15, -0.1) is 0 Å². The van der Waals surface area contributed by atoms with E-state index in [0.717, 1.165) is 0 Å². The number of rotatable bonds is 10. The molecule has 0 saturated heterocycles. The van der Waals surface area contributed by atoms with E-state index in [-0.39, 0.29) is 50.4 Å². The van der Waals surface area contributed by atoms with Crippen LogP contribution in [0.2, 0.25) is 0 Å². The Hall–Kier alpha value is -0.360. The van der Waals surface area contributed by atoms with Crippen molar-refractivity contribution in [2.75, 3.05) is 26.4 Å². The van der Waals surface area contributed by atoms with Gasteiger partial charge in [-0.1, -0.05) is 0 Å². The van der Waals surface area contributed by atoms with Crippen molar-refractivity contribution in [2.24, 2.45) is 0 Å². The van der Waals surface area contributed by atoms with Crippen LogP contribution in [0.1, 0.15) is 40.5 Å². The summed E-state index contributed by atoms with van der Waals surface area (Å²) in [6, 6.07) is 0. The Balaban J connectivity index is 3.02. The molecular weight excluding hydrogens is 364 g/mol. The molecule has 6 nitrogen and oxygen atoms in total. The van der Waals surface area contributed by atoms with Crippen molar-refractivity contribution in [2.45, 2.75) is 40.5 Å². The summed E-state index contributed by atoms with van der Waals surface area (Å²) < 4.78 is 73.1. The van der Waals surface area contributed by atoms with Crippen LogP contribution in [0.3, 0.4) is 0 Å². The minimum Gasteiger partial charge on any atom is -0.304 e. The molecule has 0 heterocycles. The van der Waals surface area contributed by atoms with Gasteiger partial charge >= 0.3 is 15.2 Å². The Kier molecular flexibility index (Phi) is 8.46. The first-order valence-electron chi connectivity index (χ1n) is 7.82. The van der Waals surface area contributed by atoms with Crippen LogP contribution in [-0.2, 0) is 27.2 Å². The van der Waals surface area contributed by atoms with E-state index in [2.05, 4.69) is 0 Å². The van der Waals surface area contributed by atoms with Crippen molar-refractivity contribution in [3.8, 4) is 0 Å². The highest BCUT2D eigenvalue weighted by molar-refractivity contribution is 7.58. The molecule has 0 spiro atoms. The van der Waals surface area contributed by atoms with Crippen molar-refractivity contribution in [3.05, 3.63) is 22.3 Å². The predicted octanol–water partition coefficient (Wildman–Crippen LogP) is 5.67. The van der Waals surface area contributed by atoms with Gasteiger partial charge in [0.2, 0.25) is 11.1 Å². The maximum Gasteiger partial charge on any atom is 0.389 e. The molecular formula is C14H24F2O6P2. The Bertz CT molecular complexity index is 522. The lowest BCUT2D eigenvalue weighted by Crippen LogP contribution is -2.10. The van der Waals surface area contributed by atoms with E-state index in [1.165, 1.54) is 0 Å². The van der Waals surface area contributed by atoms with Crippen molar-refractivity contribution < 1.29 is 36.0 Å². The molecule has 0 aromatic heterocycles. The number of allylic oxidation sites excluding steroid dienone is 2. The first-order valence-corrected chi connectivity index (χ1v) is 10.9. The minimum atomic E-state index is -4.02. The van der Waals surface area contributed by atoms with E-state index in [1.807, 2.05) is 0 Å². The van der Waals surface area contributed by atoms with Crippen LogP contribution >= 0.6 is 15.2 Å². The molecule has 1 aliphatic carbocycles. The lowest BCUT2D eigenvalue weighted by Gasteiger charge is -2.27. The highest BCUT2D eigenvalue weighted by Gasteiger charge is 2.41. The summed E-state index contributed by atoms with van der Waals surface area (Å²) in [5.74, 6) is 0. The Morgan fingerprint density at radius 3 is 1.21 bits per heavy atom. The quantitative estimate of drug-likeness (QED) is 0.449. The van der Waals surface area contributed by atoms with Gasteiger partial charge in [-0.3, -0.25) is 9.13 Å². The average molecular weight is 388 g/mol. The molecule has 0 aliphatic heterocycles. The Morgan fingerprint density at radius 2 is 1.00 bits per heavy atom. The van der Waals surface area contributed by atoms with Crippen molar-refractivity contribution in [1.82, 2.24) is 0 Å². The molecule has 1 aliphatic rings. The maximum atomic E-state index is 14.4. The zero-order valence-electron chi connectivity index (χ0n) is 14.3. The molecule has 0 aromatic rings. The first-order chi connectivity index (χ1) is 11.3. The molecule has 1 fully saturated rings. The molecule has 10 heteroatoms. The lowest BCUT2D eigenvalue weighted by molar-refractivity contribution is 0.219. The summed E-state index contributed by atoms with van der Waals surface area (Å²) in [7, 11) is -8.04. The fraction of sp³-hybridized carbons (Fsp3) is 0.714. The Morgan fingerprint density at radius 1 is 0.750 bits per heavy atom. The molecule has 0 atom stereocenters. The van der Waals surface area contributed by atoms with Crippen molar-refractivity contribution in [3.63, 3.8) is 0 Å². The molecule has 0 unspecified atom stereocenters. The first kappa shape index (κ1) is 21.7. The molecule has 140 valence electrons. The third-order valence-electron chi connectivity index (χ3n) is 3.11. The summed E-state index contributed by atoms with van der Waals surface area (Å²) in [5.41, 5.74) is -1.81. The van der Waals surface area contributed by atoms with Crippen LogP contribution in [-0.4, -0.2) is 26.4 Å². The smallest absolute Gasteiger partial charge is 0.304 e. The minimum absolute atomic E-state index is 0.0128. The van der Waals surface area contributed by atoms with E-state index >= 15 is 0 Å². The lowest BCUT2D eigenvalue weighted by atomic mass is 9.88. The third kappa shape index (κ3) is 4.84. The molecule has 0 aromatic carbocycles. The largest absolute Gasteiger partial charge is 0.389 e. The van der Waals surface area contributed by atoms with Crippen molar-refractivity contribution in [1.29, 1.82) is 0 Å². The standard InChI is InChI=1S/C14H24F2O6P2/c1-5-19-23(17,20-6-2)13(15)11-9-12(10-11)14(16)24(18,21-7-3)22-8-4/h5-10H2,1-4H3. The fourth-order valence-electron chi connectivity index (χ4n) is 2.12. The van der Waals surface area contributed by atoms with E-state index in [9.17, 15) is 17.9 Å². The summed E-state index contributed by atoms with van der Waals surface area (Å²) in [4.78, 5) is 0. The molecule has 0 N–H and O–H groups in total. The van der Waals surface area contributed by atoms with Crippen LogP contribution in [0.4, 0.5) is 8.78 Å². The summed E-state index contributed by atoms with van der Waals surface area (Å²) >= 11 is 0. The summed E-state index contributed by atoms with van der Waals surface area (Å²) in [5, 5.41) is 0. The zero-order valence-corrected chi connectivity index (χ0v) is 16.1. The van der Waals surface area contributed by atoms with Crippen LogP contribution in [0, 0.1) is 0 Å². The highest BCUT2D eigenvalue weighted by Crippen LogP contribution is 2.64. The molecule has 1 rings (SSSR count). The van der Waals surface area contributed by atoms with Crippen LogP contribution in [0.25, 0.3) is 0 Å². The maximum absolute atomic E-state index is 14.4. The van der Waals surface area contributed by atoms with E-state index in [0.29, 0.717) is 0 Å². The second kappa shape index (κ2) is 9.37. The average Bonchev–Trinajstić information content (AvgIpc) is 2.46. The molecule has 24 heavy (non-hydrogen) atoms. The van der Waals surface area contributed by atoms with Gasteiger partial charge in [-0.05, 0) is 51.7 Å². The highest BCUT2D eigenvalue weighted by atomic mass is 31.2. The van der Waals surface area contributed by atoms with Gasteiger partial charge in [-0.25, -0.2) is 0 Å². The van der Waals surface area contributed by atoms with Gasteiger partial charge in [0, 0.05) is 0 Å². The van der Waals surface area contributed by atoms with Gasteiger partial charge in [0.15, 0.2) is 0 Å². The topological polar surface area (TPSA) is 71.1 Å². The molecule has 0 radical (unpaired) electrons. The SMILES string of the molecule is CCOP(=O)(OCC)C(F)=C1CC(=C(F)P(=O)(OCC)OCC)C1. The van der Waals surface area contributed by atoms with Crippen LogP contribution < -0.4 is 0 Å². The van der Waals surface area contributed by atoms with Crippen LogP contribution in [0.5, 0.6) is 0 Å². The van der Waals surface area contributed by atoms with E-state index in [4.69, 9.17) is 18.1 Å². The van der Waals surface area contributed by atoms with E-state index < -0.39 is 26.3 Å². The third-order valence-corrected chi connectivity index (χ3v) is 7.10. The van der Waals surface area contributed by atoms with E-state index in [1.54, 1.807) is 27.7 Å². The second-order valence-electron chi connectivity index (χ2n) is 4.81. The van der Waals surface area contributed by atoms with Gasteiger partial charge in [0.05, 0.1) is 26.4 Å². The summed E-state index contributed by atoms with van der Waals surface area (Å²) in [6.07, 6.45) is -0.294. The summed E-state index contributed by atoms with van der Waals surface area (Å²) in [6.45, 7) is 6.31. The number of halogens is 2. The Labute approximate surface area is 141 Å². The second-order valence-corrected chi connectivity index (χ2v) is 8.62. The van der Waals surface area contributed by atoms with Gasteiger partial charge < -0.3 is 18.1 Å². The zero-order chi connectivity index (χ0) is 18.4. The number of hydrogen-bond acceptors (Lipinski definition) is 6. The number of hydrogen-bond donors (Lipinski definition) is 0.